The first-order valence-corrected chi connectivity index (χ1v) is 6.97. The van der Waals surface area contributed by atoms with Gasteiger partial charge in [0.2, 0.25) is 5.95 Å². The number of anilines is 1. The Kier molecular flexibility index (Phi) is 4.58. The molecule has 2 N–H and O–H groups in total. The average molecular weight is 265 g/mol. The Labute approximate surface area is 114 Å². The van der Waals surface area contributed by atoms with E-state index in [2.05, 4.69) is 22.2 Å². The van der Waals surface area contributed by atoms with Gasteiger partial charge in [0.15, 0.2) is 5.75 Å². The molecular formula is C14H23N3O2. The number of nitrogens with one attached hydrogen (secondary N) is 1. The molecule has 1 aliphatic rings. The second-order valence-electron chi connectivity index (χ2n) is 5.38. The minimum absolute atomic E-state index is 0.510. The maximum Gasteiger partial charge on any atom is 0.222 e. The minimum Gasteiger partial charge on any atom is -0.494 e. The Morgan fingerprint density at radius 1 is 1.37 bits per heavy atom. The van der Waals surface area contributed by atoms with Crippen molar-refractivity contribution in [2.75, 3.05) is 19.0 Å². The molecule has 0 saturated heterocycles. The Hall–Kier alpha value is -1.36. The smallest absolute Gasteiger partial charge is 0.222 e. The van der Waals surface area contributed by atoms with E-state index in [9.17, 15) is 5.11 Å². The number of ether oxygens (including phenoxy) is 1. The second kappa shape index (κ2) is 6.19. The van der Waals surface area contributed by atoms with Crippen molar-refractivity contribution in [1.29, 1.82) is 0 Å². The molecule has 0 bridgehead atoms. The largest absolute Gasteiger partial charge is 0.494 e. The molecule has 5 nitrogen and oxygen atoms in total. The van der Waals surface area contributed by atoms with Crippen molar-refractivity contribution >= 4 is 5.95 Å². The van der Waals surface area contributed by atoms with Gasteiger partial charge in [0.05, 0.1) is 25.1 Å². The summed E-state index contributed by atoms with van der Waals surface area (Å²) in [5, 5.41) is 13.6. The van der Waals surface area contributed by atoms with Crippen LogP contribution in [0.1, 0.15) is 39.0 Å². The third kappa shape index (κ3) is 3.80. The molecule has 1 aliphatic carbocycles. The summed E-state index contributed by atoms with van der Waals surface area (Å²) >= 11 is 0. The molecule has 19 heavy (non-hydrogen) atoms. The van der Waals surface area contributed by atoms with Crippen molar-refractivity contribution in [1.82, 2.24) is 9.97 Å². The molecule has 1 fully saturated rings. The Morgan fingerprint density at radius 3 is 2.53 bits per heavy atom. The Morgan fingerprint density at radius 2 is 2.00 bits per heavy atom. The van der Waals surface area contributed by atoms with Gasteiger partial charge in [-0.05, 0) is 31.6 Å². The third-order valence-corrected chi connectivity index (χ3v) is 4.05. The molecule has 2 rings (SSSR count). The number of aromatic nitrogens is 2. The van der Waals surface area contributed by atoms with Gasteiger partial charge < -0.3 is 15.2 Å². The highest BCUT2D eigenvalue weighted by atomic mass is 16.5. The van der Waals surface area contributed by atoms with Crippen LogP contribution in [0.25, 0.3) is 0 Å². The van der Waals surface area contributed by atoms with Crippen LogP contribution < -0.4 is 10.1 Å². The minimum atomic E-state index is -0.616. The summed E-state index contributed by atoms with van der Waals surface area (Å²) in [5.74, 6) is 1.94. The highest BCUT2D eigenvalue weighted by molar-refractivity contribution is 5.27. The van der Waals surface area contributed by atoms with E-state index in [0.717, 1.165) is 31.6 Å². The fourth-order valence-corrected chi connectivity index (χ4v) is 2.56. The monoisotopic (exact) mass is 265 g/mol. The number of nitrogens with zero attached hydrogens (tertiary/aromatic N) is 2. The fourth-order valence-electron chi connectivity index (χ4n) is 2.56. The third-order valence-electron chi connectivity index (χ3n) is 4.05. The maximum atomic E-state index is 10.5. The van der Waals surface area contributed by atoms with Crippen LogP contribution in [0.5, 0.6) is 5.75 Å². The topological polar surface area (TPSA) is 67.3 Å². The van der Waals surface area contributed by atoms with Gasteiger partial charge in [-0.15, -0.1) is 0 Å². The zero-order valence-electron chi connectivity index (χ0n) is 11.7. The molecule has 1 heterocycles. The summed E-state index contributed by atoms with van der Waals surface area (Å²) in [6.45, 7) is 2.73. The lowest BCUT2D eigenvalue weighted by Crippen LogP contribution is -2.40. The summed E-state index contributed by atoms with van der Waals surface area (Å²) in [4.78, 5) is 8.28. The van der Waals surface area contributed by atoms with E-state index in [4.69, 9.17) is 4.74 Å². The fraction of sp³-hybridized carbons (Fsp3) is 0.714. The Balaban J connectivity index is 1.84. The van der Waals surface area contributed by atoms with Crippen molar-refractivity contribution in [2.24, 2.45) is 5.92 Å². The number of methoxy groups -OCH3 is 1. The summed E-state index contributed by atoms with van der Waals surface area (Å²) in [6.07, 6.45) is 8.38. The first kappa shape index (κ1) is 14.1. The van der Waals surface area contributed by atoms with Gasteiger partial charge in [-0.25, -0.2) is 9.97 Å². The molecule has 0 aromatic carbocycles. The van der Waals surface area contributed by atoms with Gasteiger partial charge in [0.25, 0.3) is 0 Å². The first-order chi connectivity index (χ1) is 9.15. The molecule has 0 radical (unpaired) electrons. The SMILES string of the molecule is CCC1CCC(O)(CNc2ncc(OC)cn2)CC1. The standard InChI is InChI=1S/C14H23N3O2/c1-3-11-4-6-14(18,7-5-11)10-17-13-15-8-12(19-2)9-16-13/h8-9,11,18H,3-7,10H2,1-2H3,(H,15,16,17). The van der Waals surface area contributed by atoms with E-state index < -0.39 is 5.60 Å². The molecular weight excluding hydrogens is 242 g/mol. The van der Waals surface area contributed by atoms with Crippen LogP contribution in [0.2, 0.25) is 0 Å². The lowest BCUT2D eigenvalue weighted by atomic mass is 9.78. The van der Waals surface area contributed by atoms with Crippen LogP contribution in [0.15, 0.2) is 12.4 Å². The quantitative estimate of drug-likeness (QED) is 0.854. The van der Waals surface area contributed by atoms with Crippen LogP contribution in [-0.4, -0.2) is 34.3 Å². The lowest BCUT2D eigenvalue weighted by Gasteiger charge is -2.35. The molecule has 0 aliphatic heterocycles. The molecule has 0 spiro atoms. The van der Waals surface area contributed by atoms with E-state index >= 15 is 0 Å². The molecule has 1 saturated carbocycles. The van der Waals surface area contributed by atoms with Crippen LogP contribution >= 0.6 is 0 Å². The summed E-state index contributed by atoms with van der Waals surface area (Å²) < 4.78 is 5.01. The van der Waals surface area contributed by atoms with Gasteiger partial charge in [-0.2, -0.15) is 0 Å². The zero-order valence-corrected chi connectivity index (χ0v) is 11.7. The molecule has 0 atom stereocenters. The summed E-state index contributed by atoms with van der Waals surface area (Å²) in [5.41, 5.74) is -0.616. The zero-order chi connectivity index (χ0) is 13.7. The van der Waals surface area contributed by atoms with Crippen LogP contribution in [0, 0.1) is 5.92 Å². The Bertz CT molecular complexity index is 386. The second-order valence-corrected chi connectivity index (χ2v) is 5.38. The van der Waals surface area contributed by atoms with Gasteiger partial charge in [-0.1, -0.05) is 13.3 Å². The van der Waals surface area contributed by atoms with Gasteiger partial charge in [0, 0.05) is 6.54 Å². The van der Waals surface area contributed by atoms with Gasteiger partial charge in [-0.3, -0.25) is 0 Å². The van der Waals surface area contributed by atoms with Crippen molar-refractivity contribution in [3.63, 3.8) is 0 Å². The van der Waals surface area contributed by atoms with Crippen LogP contribution in [-0.2, 0) is 0 Å². The van der Waals surface area contributed by atoms with E-state index in [0.29, 0.717) is 18.2 Å². The van der Waals surface area contributed by atoms with Crippen molar-refractivity contribution in [2.45, 2.75) is 44.6 Å². The van der Waals surface area contributed by atoms with Crippen molar-refractivity contribution in [3.8, 4) is 5.75 Å². The lowest BCUT2D eigenvalue weighted by molar-refractivity contribution is 0.00216. The predicted molar refractivity (Wildman–Crippen MR) is 74.3 cm³/mol. The number of aliphatic hydroxyl groups is 1. The average Bonchev–Trinajstić information content (AvgIpc) is 2.47. The van der Waals surface area contributed by atoms with Crippen LogP contribution in [0.4, 0.5) is 5.95 Å². The maximum absolute atomic E-state index is 10.5. The normalized spacial score (nSPS) is 27.0. The molecule has 5 heteroatoms. The molecule has 0 unspecified atom stereocenters. The highest BCUT2D eigenvalue weighted by Gasteiger charge is 2.32. The van der Waals surface area contributed by atoms with Gasteiger partial charge in [0.1, 0.15) is 0 Å². The molecule has 1 aromatic rings. The van der Waals surface area contributed by atoms with E-state index in [-0.39, 0.29) is 0 Å². The summed E-state index contributed by atoms with van der Waals surface area (Å²) in [7, 11) is 1.58. The number of hydrogen-bond acceptors (Lipinski definition) is 5. The van der Waals surface area contributed by atoms with Crippen LogP contribution in [0.3, 0.4) is 0 Å². The van der Waals surface area contributed by atoms with E-state index in [1.54, 1.807) is 19.5 Å². The molecule has 106 valence electrons. The van der Waals surface area contributed by atoms with Crippen molar-refractivity contribution < 1.29 is 9.84 Å². The highest BCUT2D eigenvalue weighted by Crippen LogP contribution is 2.33. The number of hydrogen-bond donors (Lipinski definition) is 2. The molecule has 1 aromatic heterocycles. The van der Waals surface area contributed by atoms with E-state index in [1.807, 2.05) is 0 Å². The van der Waals surface area contributed by atoms with Gasteiger partial charge >= 0.3 is 0 Å². The first-order valence-electron chi connectivity index (χ1n) is 6.97. The number of rotatable bonds is 5. The van der Waals surface area contributed by atoms with Crippen molar-refractivity contribution in [3.05, 3.63) is 12.4 Å². The summed E-state index contributed by atoms with van der Waals surface area (Å²) in [6, 6.07) is 0. The predicted octanol–water partition coefficient (Wildman–Crippen LogP) is 2.23. The molecule has 0 amide bonds. The van der Waals surface area contributed by atoms with E-state index in [1.165, 1.54) is 6.42 Å².